The lowest BCUT2D eigenvalue weighted by Gasteiger charge is -2.15. The summed E-state index contributed by atoms with van der Waals surface area (Å²) in [5.74, 6) is 0. The summed E-state index contributed by atoms with van der Waals surface area (Å²) in [6, 6.07) is 0. The molecule has 2 atom stereocenters. The third kappa shape index (κ3) is 4.73. The first kappa shape index (κ1) is 11.9. The highest BCUT2D eigenvalue weighted by Gasteiger charge is 2.15. The van der Waals surface area contributed by atoms with E-state index in [0.29, 0.717) is 12.2 Å². The maximum atomic E-state index is 5.64. The summed E-state index contributed by atoms with van der Waals surface area (Å²) < 4.78 is 5.64. The zero-order chi connectivity index (χ0) is 9.56. The second-order valence-electron chi connectivity index (χ2n) is 3.31. The molecule has 0 aromatic carbocycles. The van der Waals surface area contributed by atoms with E-state index in [9.17, 15) is 0 Å². The van der Waals surface area contributed by atoms with Crippen LogP contribution in [0.5, 0.6) is 0 Å². The van der Waals surface area contributed by atoms with Crippen LogP contribution in [0.1, 0.15) is 34.1 Å². The van der Waals surface area contributed by atoms with Crippen LogP contribution in [0, 0.1) is 0 Å². The summed E-state index contributed by atoms with van der Waals surface area (Å²) in [6.45, 7) is 10.5. The Morgan fingerprint density at radius 3 is 2.33 bits per heavy atom. The van der Waals surface area contributed by atoms with Crippen molar-refractivity contribution in [2.24, 2.45) is 0 Å². The Labute approximate surface area is 76.9 Å². The molecule has 1 saturated heterocycles. The Balaban J connectivity index is 0.000000561. The van der Waals surface area contributed by atoms with Gasteiger partial charge < -0.3 is 9.64 Å². The molecule has 0 unspecified atom stereocenters. The molecular formula is C10H23NO. The lowest BCUT2D eigenvalue weighted by molar-refractivity contribution is 0.0155. The SMILES string of the molecule is CC.C[C@@H]1CCN(C)C[C@@H](C)O1. The van der Waals surface area contributed by atoms with Gasteiger partial charge in [-0.15, -0.1) is 0 Å². The van der Waals surface area contributed by atoms with Crippen LogP contribution in [0.2, 0.25) is 0 Å². The summed E-state index contributed by atoms with van der Waals surface area (Å²) in [7, 11) is 2.15. The van der Waals surface area contributed by atoms with Crippen molar-refractivity contribution in [1.29, 1.82) is 0 Å². The minimum absolute atomic E-state index is 0.405. The molecule has 1 aliphatic heterocycles. The summed E-state index contributed by atoms with van der Waals surface area (Å²) in [4.78, 5) is 2.33. The molecule has 0 N–H and O–H groups in total. The van der Waals surface area contributed by atoms with E-state index in [1.807, 2.05) is 13.8 Å². The van der Waals surface area contributed by atoms with Gasteiger partial charge in [-0.25, -0.2) is 0 Å². The first-order valence-electron chi connectivity index (χ1n) is 5.02. The molecule has 2 heteroatoms. The van der Waals surface area contributed by atoms with Gasteiger partial charge in [-0.1, -0.05) is 13.8 Å². The number of ether oxygens (including phenoxy) is 1. The van der Waals surface area contributed by atoms with Gasteiger partial charge in [0, 0.05) is 13.1 Å². The summed E-state index contributed by atoms with van der Waals surface area (Å²) >= 11 is 0. The summed E-state index contributed by atoms with van der Waals surface area (Å²) in [5.41, 5.74) is 0. The van der Waals surface area contributed by atoms with Crippen LogP contribution in [-0.4, -0.2) is 37.2 Å². The van der Waals surface area contributed by atoms with E-state index in [-0.39, 0.29) is 0 Å². The number of likely N-dealkylation sites (N-methyl/N-ethyl adjacent to an activating group) is 1. The molecule has 0 amide bonds. The highest BCUT2D eigenvalue weighted by Crippen LogP contribution is 2.08. The molecule has 74 valence electrons. The van der Waals surface area contributed by atoms with Gasteiger partial charge in [0.05, 0.1) is 12.2 Å². The minimum atomic E-state index is 0.405. The first-order chi connectivity index (χ1) is 5.68. The van der Waals surface area contributed by atoms with E-state index in [1.54, 1.807) is 0 Å². The van der Waals surface area contributed by atoms with Crippen LogP contribution in [0.25, 0.3) is 0 Å². The molecule has 2 nitrogen and oxygen atoms in total. The number of rotatable bonds is 0. The molecule has 0 aromatic heterocycles. The molecule has 1 aliphatic rings. The monoisotopic (exact) mass is 173 g/mol. The Kier molecular flexibility index (Phi) is 6.39. The topological polar surface area (TPSA) is 12.5 Å². The predicted octanol–water partition coefficient (Wildman–Crippen LogP) is 2.14. The number of hydrogen-bond acceptors (Lipinski definition) is 2. The molecule has 0 saturated carbocycles. The molecule has 1 heterocycles. The zero-order valence-electron chi connectivity index (χ0n) is 9.13. The van der Waals surface area contributed by atoms with Gasteiger partial charge in [-0.3, -0.25) is 0 Å². The van der Waals surface area contributed by atoms with Crippen molar-refractivity contribution >= 4 is 0 Å². The molecule has 1 rings (SSSR count). The van der Waals surface area contributed by atoms with E-state index in [4.69, 9.17) is 4.74 Å². The summed E-state index contributed by atoms with van der Waals surface area (Å²) in [6.07, 6.45) is 2.02. The standard InChI is InChI=1S/C8H17NO.C2H6/c1-7-4-5-9(3)6-8(2)10-7;1-2/h7-8H,4-6H2,1-3H3;1-2H3/t7-,8-;/m1./s1. The van der Waals surface area contributed by atoms with Crippen molar-refractivity contribution in [3.63, 3.8) is 0 Å². The second kappa shape index (κ2) is 6.44. The van der Waals surface area contributed by atoms with Crippen LogP contribution >= 0.6 is 0 Å². The van der Waals surface area contributed by atoms with Crippen molar-refractivity contribution in [2.75, 3.05) is 20.1 Å². The highest BCUT2D eigenvalue weighted by molar-refractivity contribution is 4.66. The third-order valence-corrected chi connectivity index (χ3v) is 1.95. The van der Waals surface area contributed by atoms with Gasteiger partial charge in [-0.2, -0.15) is 0 Å². The number of nitrogens with zero attached hydrogens (tertiary/aromatic N) is 1. The molecular weight excluding hydrogens is 150 g/mol. The average Bonchev–Trinajstić information content (AvgIpc) is 2.16. The lowest BCUT2D eigenvalue weighted by atomic mass is 10.3. The Bertz CT molecular complexity index is 94.0. The zero-order valence-corrected chi connectivity index (χ0v) is 9.13. The predicted molar refractivity (Wildman–Crippen MR) is 53.5 cm³/mol. The fourth-order valence-corrected chi connectivity index (χ4v) is 1.44. The van der Waals surface area contributed by atoms with Crippen molar-refractivity contribution in [2.45, 2.75) is 46.3 Å². The quantitative estimate of drug-likeness (QED) is 0.556. The molecule has 0 bridgehead atoms. The van der Waals surface area contributed by atoms with Crippen LogP contribution in [0.15, 0.2) is 0 Å². The largest absolute Gasteiger partial charge is 0.374 e. The smallest absolute Gasteiger partial charge is 0.0677 e. The van der Waals surface area contributed by atoms with E-state index in [0.717, 1.165) is 6.54 Å². The maximum absolute atomic E-state index is 5.64. The molecule has 12 heavy (non-hydrogen) atoms. The van der Waals surface area contributed by atoms with Crippen LogP contribution in [0.3, 0.4) is 0 Å². The van der Waals surface area contributed by atoms with E-state index in [2.05, 4.69) is 25.8 Å². The van der Waals surface area contributed by atoms with Gasteiger partial charge >= 0.3 is 0 Å². The van der Waals surface area contributed by atoms with Crippen molar-refractivity contribution in [1.82, 2.24) is 4.90 Å². The molecule has 1 fully saturated rings. The van der Waals surface area contributed by atoms with E-state index < -0.39 is 0 Å². The molecule has 0 aromatic rings. The fraction of sp³-hybridized carbons (Fsp3) is 1.00. The molecule has 0 spiro atoms. The third-order valence-electron chi connectivity index (χ3n) is 1.95. The van der Waals surface area contributed by atoms with Crippen LogP contribution in [-0.2, 0) is 4.74 Å². The van der Waals surface area contributed by atoms with E-state index in [1.165, 1.54) is 13.0 Å². The number of hydrogen-bond donors (Lipinski definition) is 0. The fourth-order valence-electron chi connectivity index (χ4n) is 1.44. The highest BCUT2D eigenvalue weighted by atomic mass is 16.5. The Morgan fingerprint density at radius 2 is 1.75 bits per heavy atom. The van der Waals surface area contributed by atoms with Gasteiger partial charge in [0.15, 0.2) is 0 Å². The van der Waals surface area contributed by atoms with Crippen molar-refractivity contribution in [3.05, 3.63) is 0 Å². The molecule has 0 aliphatic carbocycles. The maximum Gasteiger partial charge on any atom is 0.0677 e. The summed E-state index contributed by atoms with van der Waals surface area (Å²) in [5, 5.41) is 0. The van der Waals surface area contributed by atoms with Gasteiger partial charge in [0.2, 0.25) is 0 Å². The van der Waals surface area contributed by atoms with Crippen LogP contribution < -0.4 is 0 Å². The van der Waals surface area contributed by atoms with Crippen molar-refractivity contribution < 1.29 is 4.74 Å². The van der Waals surface area contributed by atoms with Gasteiger partial charge in [-0.05, 0) is 27.3 Å². The van der Waals surface area contributed by atoms with Crippen molar-refractivity contribution in [3.8, 4) is 0 Å². The first-order valence-corrected chi connectivity index (χ1v) is 5.02. The lowest BCUT2D eigenvalue weighted by Crippen LogP contribution is -2.26. The van der Waals surface area contributed by atoms with E-state index >= 15 is 0 Å². The van der Waals surface area contributed by atoms with Gasteiger partial charge in [0.1, 0.15) is 0 Å². The average molecular weight is 173 g/mol. The second-order valence-corrected chi connectivity index (χ2v) is 3.31. The molecule has 0 radical (unpaired) electrons. The Morgan fingerprint density at radius 1 is 1.17 bits per heavy atom. The van der Waals surface area contributed by atoms with Crippen LogP contribution in [0.4, 0.5) is 0 Å². The van der Waals surface area contributed by atoms with Gasteiger partial charge in [0.25, 0.3) is 0 Å². The Hall–Kier alpha value is -0.0800. The normalized spacial score (nSPS) is 31.8. The minimum Gasteiger partial charge on any atom is -0.374 e.